The first-order chi connectivity index (χ1) is 10.5. The van der Waals surface area contributed by atoms with E-state index in [0.717, 1.165) is 5.82 Å². The fourth-order valence-electron chi connectivity index (χ4n) is 2.52. The second kappa shape index (κ2) is 7.05. The molecule has 120 valence electrons. The molecule has 0 atom stereocenters. The van der Waals surface area contributed by atoms with E-state index in [1.54, 1.807) is 18.3 Å². The van der Waals surface area contributed by atoms with E-state index in [1.165, 1.54) is 8.61 Å². The van der Waals surface area contributed by atoms with Gasteiger partial charge in [-0.25, -0.2) is 4.98 Å². The number of nitrogens with zero attached hydrogens (tertiary/aromatic N) is 5. The first-order valence-electron chi connectivity index (χ1n) is 7.39. The van der Waals surface area contributed by atoms with E-state index in [0.29, 0.717) is 44.8 Å². The summed E-state index contributed by atoms with van der Waals surface area (Å²) in [5, 5.41) is 8.94. The maximum absolute atomic E-state index is 12.5. The zero-order chi connectivity index (χ0) is 16.2. The zero-order valence-corrected chi connectivity index (χ0v) is 13.8. The first kappa shape index (κ1) is 16.7. The molecule has 2 rings (SSSR count). The van der Waals surface area contributed by atoms with Crippen molar-refractivity contribution in [3.8, 4) is 6.07 Å². The molecule has 7 nitrogen and oxygen atoms in total. The van der Waals surface area contributed by atoms with Gasteiger partial charge in [-0.15, -0.1) is 0 Å². The minimum Gasteiger partial charge on any atom is -0.354 e. The maximum Gasteiger partial charge on any atom is 0.282 e. The summed E-state index contributed by atoms with van der Waals surface area (Å²) in [6, 6.07) is 5.48. The van der Waals surface area contributed by atoms with E-state index in [4.69, 9.17) is 5.26 Å². The van der Waals surface area contributed by atoms with Crippen LogP contribution in [0, 0.1) is 11.3 Å². The number of nitriles is 1. The largest absolute Gasteiger partial charge is 0.354 e. The monoisotopic (exact) mass is 323 g/mol. The van der Waals surface area contributed by atoms with Crippen molar-refractivity contribution >= 4 is 16.0 Å². The molecule has 1 saturated heterocycles. The Hall–Kier alpha value is -1.69. The SMILES string of the molecule is CCN(CC)S(=O)(=O)N1CCN(c2cc(C#N)ccn2)CC1. The molecule has 1 aromatic heterocycles. The minimum absolute atomic E-state index is 0.428. The third-order valence-electron chi connectivity index (χ3n) is 3.80. The van der Waals surface area contributed by atoms with Gasteiger partial charge in [0.2, 0.25) is 0 Å². The van der Waals surface area contributed by atoms with Crippen LogP contribution in [0.5, 0.6) is 0 Å². The third-order valence-corrected chi connectivity index (χ3v) is 5.98. The highest BCUT2D eigenvalue weighted by molar-refractivity contribution is 7.86. The smallest absolute Gasteiger partial charge is 0.282 e. The van der Waals surface area contributed by atoms with Gasteiger partial charge >= 0.3 is 0 Å². The van der Waals surface area contributed by atoms with E-state index < -0.39 is 10.2 Å². The average Bonchev–Trinajstić information content (AvgIpc) is 2.56. The molecule has 2 heterocycles. The summed E-state index contributed by atoms with van der Waals surface area (Å²) in [5.41, 5.74) is 0.559. The zero-order valence-electron chi connectivity index (χ0n) is 12.9. The molecular formula is C14H21N5O2S. The van der Waals surface area contributed by atoms with Crippen LogP contribution in [0.25, 0.3) is 0 Å². The Kier molecular flexibility index (Phi) is 5.34. The molecule has 0 aromatic carbocycles. The summed E-state index contributed by atoms with van der Waals surface area (Å²) in [6.45, 7) is 6.64. The number of rotatable bonds is 5. The average molecular weight is 323 g/mol. The number of anilines is 1. The summed E-state index contributed by atoms with van der Waals surface area (Å²) in [7, 11) is -3.38. The van der Waals surface area contributed by atoms with Gasteiger partial charge in [0.15, 0.2) is 0 Å². The highest BCUT2D eigenvalue weighted by Gasteiger charge is 2.31. The molecule has 0 saturated carbocycles. The lowest BCUT2D eigenvalue weighted by Crippen LogP contribution is -2.53. The van der Waals surface area contributed by atoms with Crippen molar-refractivity contribution in [3.05, 3.63) is 23.9 Å². The van der Waals surface area contributed by atoms with Crippen molar-refractivity contribution in [2.75, 3.05) is 44.2 Å². The summed E-state index contributed by atoms with van der Waals surface area (Å²) in [6.07, 6.45) is 1.60. The minimum atomic E-state index is -3.38. The van der Waals surface area contributed by atoms with Crippen LogP contribution in [0.15, 0.2) is 18.3 Å². The molecule has 8 heteroatoms. The Bertz CT molecular complexity index is 643. The maximum atomic E-state index is 12.5. The number of hydrogen-bond acceptors (Lipinski definition) is 5. The van der Waals surface area contributed by atoms with Crippen LogP contribution in [0.1, 0.15) is 19.4 Å². The molecule has 0 spiro atoms. The van der Waals surface area contributed by atoms with Gasteiger partial charge in [-0.05, 0) is 12.1 Å². The number of hydrogen-bond donors (Lipinski definition) is 0. The Morgan fingerprint density at radius 1 is 1.27 bits per heavy atom. The van der Waals surface area contributed by atoms with Crippen LogP contribution in [0.4, 0.5) is 5.82 Å². The van der Waals surface area contributed by atoms with Gasteiger partial charge in [-0.2, -0.15) is 22.3 Å². The predicted octanol–water partition coefficient (Wildman–Crippen LogP) is 0.662. The van der Waals surface area contributed by atoms with Crippen molar-refractivity contribution in [2.24, 2.45) is 0 Å². The van der Waals surface area contributed by atoms with E-state index in [9.17, 15) is 8.42 Å². The Morgan fingerprint density at radius 2 is 1.91 bits per heavy atom. The summed E-state index contributed by atoms with van der Waals surface area (Å²) < 4.78 is 27.9. The molecule has 1 aromatic rings. The quantitative estimate of drug-likeness (QED) is 0.795. The van der Waals surface area contributed by atoms with Gasteiger partial charge in [-0.3, -0.25) is 0 Å². The molecule has 0 N–H and O–H groups in total. The van der Waals surface area contributed by atoms with Crippen LogP contribution in [0.3, 0.4) is 0 Å². The van der Waals surface area contributed by atoms with Gasteiger partial charge in [0.25, 0.3) is 10.2 Å². The molecule has 1 fully saturated rings. The molecular weight excluding hydrogens is 302 g/mol. The number of aromatic nitrogens is 1. The van der Waals surface area contributed by atoms with Crippen LogP contribution >= 0.6 is 0 Å². The molecule has 0 bridgehead atoms. The Labute approximate surface area is 131 Å². The van der Waals surface area contributed by atoms with Gasteiger partial charge in [-0.1, -0.05) is 13.8 Å². The summed E-state index contributed by atoms with van der Waals surface area (Å²) in [5.74, 6) is 0.721. The fourth-order valence-corrected chi connectivity index (χ4v) is 4.13. The highest BCUT2D eigenvalue weighted by Crippen LogP contribution is 2.17. The van der Waals surface area contributed by atoms with Crippen molar-refractivity contribution in [1.29, 1.82) is 5.26 Å². The fraction of sp³-hybridized carbons (Fsp3) is 0.571. The number of piperazine rings is 1. The molecule has 0 unspecified atom stereocenters. The van der Waals surface area contributed by atoms with Gasteiger partial charge in [0.1, 0.15) is 5.82 Å². The molecule has 22 heavy (non-hydrogen) atoms. The van der Waals surface area contributed by atoms with Gasteiger partial charge in [0, 0.05) is 45.5 Å². The van der Waals surface area contributed by atoms with Crippen LogP contribution in [-0.4, -0.2) is 61.3 Å². The van der Waals surface area contributed by atoms with E-state index in [2.05, 4.69) is 11.1 Å². The first-order valence-corrected chi connectivity index (χ1v) is 8.79. The van der Waals surface area contributed by atoms with E-state index >= 15 is 0 Å². The van der Waals surface area contributed by atoms with Gasteiger partial charge in [0.05, 0.1) is 11.6 Å². The van der Waals surface area contributed by atoms with Crippen LogP contribution < -0.4 is 4.90 Å². The Morgan fingerprint density at radius 3 is 2.45 bits per heavy atom. The molecule has 0 amide bonds. The highest BCUT2D eigenvalue weighted by atomic mass is 32.2. The lowest BCUT2D eigenvalue weighted by Gasteiger charge is -2.36. The third kappa shape index (κ3) is 3.38. The summed E-state index contributed by atoms with van der Waals surface area (Å²) >= 11 is 0. The van der Waals surface area contributed by atoms with Crippen molar-refractivity contribution < 1.29 is 8.42 Å². The standard InChI is InChI=1S/C14H21N5O2S/c1-3-18(4-2)22(20,21)19-9-7-17(8-10-19)14-11-13(12-15)5-6-16-14/h5-6,11H,3-4,7-10H2,1-2H3. The molecule has 1 aliphatic rings. The van der Waals surface area contributed by atoms with Crippen molar-refractivity contribution in [3.63, 3.8) is 0 Å². The normalized spacial score (nSPS) is 16.7. The number of pyridine rings is 1. The van der Waals surface area contributed by atoms with Gasteiger partial charge < -0.3 is 4.90 Å². The summed E-state index contributed by atoms with van der Waals surface area (Å²) in [4.78, 5) is 6.27. The lowest BCUT2D eigenvalue weighted by atomic mass is 10.2. The van der Waals surface area contributed by atoms with Crippen molar-refractivity contribution in [2.45, 2.75) is 13.8 Å². The van der Waals surface area contributed by atoms with E-state index in [1.807, 2.05) is 18.7 Å². The molecule has 1 aliphatic heterocycles. The molecule has 0 radical (unpaired) electrons. The topological polar surface area (TPSA) is 80.5 Å². The van der Waals surface area contributed by atoms with Crippen molar-refractivity contribution in [1.82, 2.24) is 13.6 Å². The van der Waals surface area contributed by atoms with E-state index in [-0.39, 0.29) is 0 Å². The second-order valence-corrected chi connectivity index (χ2v) is 6.92. The predicted molar refractivity (Wildman–Crippen MR) is 84.6 cm³/mol. The molecule has 0 aliphatic carbocycles. The second-order valence-electron chi connectivity index (χ2n) is 4.99. The Balaban J connectivity index is 2.05. The van der Waals surface area contributed by atoms with Crippen LogP contribution in [-0.2, 0) is 10.2 Å². The van der Waals surface area contributed by atoms with Crippen LogP contribution in [0.2, 0.25) is 0 Å². The lowest BCUT2D eigenvalue weighted by molar-refractivity contribution is 0.333.